The first-order valence-corrected chi connectivity index (χ1v) is 7.45. The Hall–Kier alpha value is -0.180. The van der Waals surface area contributed by atoms with Gasteiger partial charge in [0.05, 0.1) is 4.75 Å². The third-order valence-corrected chi connectivity index (χ3v) is 4.66. The summed E-state index contributed by atoms with van der Waals surface area (Å²) in [5, 5.41) is 0. The topological polar surface area (TPSA) is 29.4 Å². The Balaban J connectivity index is 2.29. The summed E-state index contributed by atoms with van der Waals surface area (Å²) < 4.78 is 15.6. The van der Waals surface area contributed by atoms with Gasteiger partial charge < -0.3 is 0 Å². The van der Waals surface area contributed by atoms with Gasteiger partial charge in [0.1, 0.15) is 11.0 Å². The third-order valence-electron chi connectivity index (χ3n) is 3.27. The molecule has 1 aliphatic carbocycles. The molecular formula is C13H25NOS. The van der Waals surface area contributed by atoms with Crippen LogP contribution in [0.2, 0.25) is 0 Å². The Morgan fingerprint density at radius 1 is 1.25 bits per heavy atom. The van der Waals surface area contributed by atoms with Crippen LogP contribution in [-0.2, 0) is 11.0 Å². The van der Waals surface area contributed by atoms with E-state index in [4.69, 9.17) is 0 Å². The molecule has 0 N–H and O–H groups in total. The normalized spacial score (nSPS) is 29.5. The van der Waals surface area contributed by atoms with Crippen LogP contribution in [0.3, 0.4) is 0 Å². The van der Waals surface area contributed by atoms with E-state index in [1.54, 1.807) is 0 Å². The molecule has 0 aromatic rings. The average Bonchev–Trinajstić information content (AvgIpc) is 2.19. The summed E-state index contributed by atoms with van der Waals surface area (Å²) in [5.74, 6) is 1.67. The quantitative estimate of drug-likeness (QED) is 0.694. The predicted molar refractivity (Wildman–Crippen MR) is 72.1 cm³/mol. The van der Waals surface area contributed by atoms with Crippen LogP contribution in [0.15, 0.2) is 4.40 Å². The van der Waals surface area contributed by atoms with Crippen molar-refractivity contribution in [1.29, 1.82) is 0 Å². The van der Waals surface area contributed by atoms with E-state index >= 15 is 0 Å². The molecule has 1 saturated carbocycles. The summed E-state index contributed by atoms with van der Waals surface area (Å²) in [5.41, 5.74) is 0. The van der Waals surface area contributed by atoms with Crippen molar-refractivity contribution in [2.45, 2.75) is 64.5 Å². The van der Waals surface area contributed by atoms with Gasteiger partial charge >= 0.3 is 0 Å². The summed E-state index contributed by atoms with van der Waals surface area (Å²) in [6.45, 7) is 8.22. The van der Waals surface area contributed by atoms with E-state index in [-0.39, 0.29) is 4.75 Å². The van der Waals surface area contributed by atoms with Crippen LogP contribution >= 0.6 is 0 Å². The van der Waals surface area contributed by atoms with E-state index in [0.29, 0.717) is 0 Å². The molecule has 94 valence electrons. The highest BCUT2D eigenvalue weighted by Crippen LogP contribution is 2.29. The Morgan fingerprint density at radius 2 is 1.81 bits per heavy atom. The summed E-state index contributed by atoms with van der Waals surface area (Å²) in [7, 11) is -1.08. The minimum atomic E-state index is -1.08. The van der Waals surface area contributed by atoms with Gasteiger partial charge in [-0.1, -0.05) is 19.8 Å². The summed E-state index contributed by atoms with van der Waals surface area (Å²) in [6.07, 6.45) is 8.23. The first-order chi connectivity index (χ1) is 7.39. The molecule has 1 rings (SSSR count). The van der Waals surface area contributed by atoms with Gasteiger partial charge in [-0.05, 0) is 51.9 Å². The van der Waals surface area contributed by atoms with E-state index in [9.17, 15) is 4.21 Å². The van der Waals surface area contributed by atoms with Crippen molar-refractivity contribution < 1.29 is 4.21 Å². The van der Waals surface area contributed by atoms with E-state index in [2.05, 4.69) is 11.3 Å². The van der Waals surface area contributed by atoms with Crippen molar-refractivity contribution in [3.8, 4) is 0 Å². The van der Waals surface area contributed by atoms with Gasteiger partial charge in [0.25, 0.3) is 0 Å². The highest BCUT2D eigenvalue weighted by molar-refractivity contribution is 7.85. The van der Waals surface area contributed by atoms with Crippen molar-refractivity contribution in [1.82, 2.24) is 0 Å². The molecule has 16 heavy (non-hydrogen) atoms. The van der Waals surface area contributed by atoms with Crippen LogP contribution in [0.1, 0.15) is 59.8 Å². The predicted octanol–water partition coefficient (Wildman–Crippen LogP) is 3.74. The first-order valence-electron chi connectivity index (χ1n) is 6.34. The van der Waals surface area contributed by atoms with Gasteiger partial charge in [-0.15, -0.1) is 0 Å². The highest BCUT2D eigenvalue weighted by atomic mass is 32.2. The second-order valence-corrected chi connectivity index (χ2v) is 7.94. The molecule has 1 atom stereocenters. The standard InChI is InChI=1S/C13H25NOS/c1-11-5-7-12(8-6-11)9-10-14-16(15)13(2,3)4/h10-12H,5-9H2,1-4H3/b14-10+/t11?,12?,16-/m1/s1. The Kier molecular flexibility index (Phi) is 5.16. The molecule has 0 aromatic heterocycles. The second kappa shape index (κ2) is 5.95. The molecule has 0 heterocycles. The Labute approximate surface area is 103 Å². The average molecular weight is 243 g/mol. The smallest absolute Gasteiger partial charge is 0.144 e. The maximum Gasteiger partial charge on any atom is 0.144 e. The lowest BCUT2D eigenvalue weighted by atomic mass is 9.82. The molecule has 0 radical (unpaired) electrons. The van der Waals surface area contributed by atoms with Crippen molar-refractivity contribution in [3.05, 3.63) is 0 Å². The molecule has 0 amide bonds. The molecule has 3 heteroatoms. The van der Waals surface area contributed by atoms with Gasteiger partial charge in [0.15, 0.2) is 0 Å². The lowest BCUT2D eigenvalue weighted by Gasteiger charge is -2.24. The number of nitrogens with zero attached hydrogens (tertiary/aromatic N) is 1. The SMILES string of the molecule is CC1CCC(C/C=N/[S@](=O)C(C)(C)C)CC1. The van der Waals surface area contributed by atoms with E-state index in [1.165, 1.54) is 25.7 Å². The zero-order valence-corrected chi connectivity index (χ0v) is 11.8. The minimum Gasteiger partial charge on any atom is -0.234 e. The van der Waals surface area contributed by atoms with E-state index in [1.807, 2.05) is 27.0 Å². The summed E-state index contributed by atoms with van der Waals surface area (Å²) in [6, 6.07) is 0. The van der Waals surface area contributed by atoms with Crippen molar-refractivity contribution >= 4 is 17.2 Å². The largest absolute Gasteiger partial charge is 0.234 e. The van der Waals surface area contributed by atoms with E-state index < -0.39 is 11.0 Å². The van der Waals surface area contributed by atoms with Crippen LogP contribution in [-0.4, -0.2) is 15.2 Å². The third kappa shape index (κ3) is 4.77. The van der Waals surface area contributed by atoms with Crippen LogP contribution in [0, 0.1) is 11.8 Å². The number of hydrogen-bond acceptors (Lipinski definition) is 1. The van der Waals surface area contributed by atoms with Crippen molar-refractivity contribution in [2.24, 2.45) is 16.2 Å². The van der Waals surface area contributed by atoms with E-state index in [0.717, 1.165) is 18.3 Å². The second-order valence-electron chi connectivity index (χ2n) is 6.01. The fourth-order valence-corrected chi connectivity index (χ4v) is 2.52. The molecule has 0 aliphatic heterocycles. The zero-order valence-electron chi connectivity index (χ0n) is 11.0. The van der Waals surface area contributed by atoms with Gasteiger partial charge in [-0.2, -0.15) is 4.40 Å². The fourth-order valence-electron chi connectivity index (χ4n) is 1.98. The molecule has 0 bridgehead atoms. The number of hydrogen-bond donors (Lipinski definition) is 0. The first kappa shape index (κ1) is 13.9. The van der Waals surface area contributed by atoms with Crippen LogP contribution in [0.4, 0.5) is 0 Å². The summed E-state index contributed by atoms with van der Waals surface area (Å²) >= 11 is 0. The summed E-state index contributed by atoms with van der Waals surface area (Å²) in [4.78, 5) is 0. The number of rotatable bonds is 3. The Morgan fingerprint density at radius 3 is 2.31 bits per heavy atom. The Bertz CT molecular complexity index is 260. The lowest BCUT2D eigenvalue weighted by Crippen LogP contribution is -2.20. The molecule has 2 nitrogen and oxygen atoms in total. The zero-order chi connectivity index (χ0) is 12.2. The molecule has 1 aliphatic rings. The molecule has 0 aromatic carbocycles. The lowest BCUT2D eigenvalue weighted by molar-refractivity contribution is 0.297. The maximum absolute atomic E-state index is 11.7. The molecular weight excluding hydrogens is 218 g/mol. The molecule has 0 spiro atoms. The van der Waals surface area contributed by atoms with Gasteiger partial charge in [0.2, 0.25) is 0 Å². The minimum absolute atomic E-state index is 0.225. The van der Waals surface area contributed by atoms with Gasteiger partial charge in [-0.3, -0.25) is 0 Å². The van der Waals surface area contributed by atoms with Crippen LogP contribution in [0.5, 0.6) is 0 Å². The molecule has 1 fully saturated rings. The van der Waals surface area contributed by atoms with Crippen molar-refractivity contribution in [3.63, 3.8) is 0 Å². The monoisotopic (exact) mass is 243 g/mol. The maximum atomic E-state index is 11.7. The molecule has 0 saturated heterocycles. The highest BCUT2D eigenvalue weighted by Gasteiger charge is 2.19. The van der Waals surface area contributed by atoms with Gasteiger partial charge in [-0.25, -0.2) is 4.21 Å². The van der Waals surface area contributed by atoms with Gasteiger partial charge in [0, 0.05) is 6.21 Å². The molecule has 0 unspecified atom stereocenters. The van der Waals surface area contributed by atoms with Crippen LogP contribution in [0.25, 0.3) is 0 Å². The van der Waals surface area contributed by atoms with Crippen LogP contribution < -0.4 is 0 Å². The fraction of sp³-hybridized carbons (Fsp3) is 0.923. The van der Waals surface area contributed by atoms with Crippen molar-refractivity contribution in [2.75, 3.05) is 0 Å².